The van der Waals surface area contributed by atoms with E-state index in [0.29, 0.717) is 11.5 Å². The van der Waals surface area contributed by atoms with E-state index in [4.69, 9.17) is 4.74 Å². The minimum absolute atomic E-state index is 0.0584. The summed E-state index contributed by atoms with van der Waals surface area (Å²) in [6.07, 6.45) is 3.51. The van der Waals surface area contributed by atoms with E-state index in [9.17, 15) is 14.7 Å². The Morgan fingerprint density at radius 1 is 1.42 bits per heavy atom. The number of carboxylic acids is 1. The summed E-state index contributed by atoms with van der Waals surface area (Å²) in [4.78, 5) is 22.7. The minimum atomic E-state index is -0.994. The molecule has 0 bridgehead atoms. The molecule has 0 radical (unpaired) electrons. The molecule has 5 heteroatoms. The summed E-state index contributed by atoms with van der Waals surface area (Å²) in [6.45, 7) is 4.90. The second-order valence-corrected chi connectivity index (χ2v) is 5.07. The second-order valence-electron chi connectivity index (χ2n) is 5.07. The molecule has 1 atom stereocenters. The highest BCUT2D eigenvalue weighted by molar-refractivity contribution is 5.97. The normalized spacial score (nSPS) is 18.2. The monoisotopic (exact) mass is 265 g/mol. The molecule has 1 aliphatic heterocycles. The molecule has 2 heterocycles. The average Bonchev–Trinajstić information content (AvgIpc) is 2.84. The highest BCUT2D eigenvalue weighted by Crippen LogP contribution is 2.29. The van der Waals surface area contributed by atoms with Gasteiger partial charge >= 0.3 is 5.97 Å². The number of aromatic nitrogens is 1. The van der Waals surface area contributed by atoms with Gasteiger partial charge in [0.1, 0.15) is 5.69 Å². The maximum Gasteiger partial charge on any atom is 0.352 e. The lowest BCUT2D eigenvalue weighted by Gasteiger charge is -2.29. The van der Waals surface area contributed by atoms with E-state index in [1.807, 2.05) is 6.92 Å². The molecule has 1 aliphatic rings. The van der Waals surface area contributed by atoms with E-state index in [1.165, 1.54) is 13.0 Å². The largest absolute Gasteiger partial charge is 0.477 e. The summed E-state index contributed by atoms with van der Waals surface area (Å²) in [5.41, 5.74) is 0.639. The highest BCUT2D eigenvalue weighted by atomic mass is 16.5. The van der Waals surface area contributed by atoms with Gasteiger partial charge in [-0.15, -0.1) is 0 Å². The Kier molecular flexibility index (Phi) is 4.04. The molecule has 1 fully saturated rings. The van der Waals surface area contributed by atoms with Gasteiger partial charge in [0.25, 0.3) is 0 Å². The lowest BCUT2D eigenvalue weighted by atomic mass is 9.92. The third kappa shape index (κ3) is 2.87. The molecule has 1 N–H and O–H groups in total. The summed E-state index contributed by atoms with van der Waals surface area (Å²) in [6, 6.07) is 1.52. The van der Waals surface area contributed by atoms with E-state index in [0.717, 1.165) is 26.1 Å². The van der Waals surface area contributed by atoms with Crippen LogP contribution in [0.4, 0.5) is 0 Å². The van der Waals surface area contributed by atoms with Gasteiger partial charge in [0.05, 0.1) is 0 Å². The van der Waals surface area contributed by atoms with Crippen LogP contribution < -0.4 is 0 Å². The quantitative estimate of drug-likeness (QED) is 0.849. The Bertz CT molecular complexity index is 486. The van der Waals surface area contributed by atoms with Crippen molar-refractivity contribution in [1.82, 2.24) is 4.57 Å². The SMILES string of the molecule is CC(=O)c1cc(C(=O)O)n(C(C)C2CCOCC2)c1. The lowest BCUT2D eigenvalue weighted by molar-refractivity contribution is 0.0497. The van der Waals surface area contributed by atoms with Gasteiger partial charge in [-0.25, -0.2) is 4.79 Å². The Morgan fingerprint density at radius 3 is 2.58 bits per heavy atom. The third-order valence-electron chi connectivity index (χ3n) is 3.86. The van der Waals surface area contributed by atoms with Gasteiger partial charge in [-0.2, -0.15) is 0 Å². The predicted molar refractivity (Wildman–Crippen MR) is 69.6 cm³/mol. The number of carboxylic acid groups (broad SMARTS) is 1. The van der Waals surface area contributed by atoms with Gasteiger partial charge in [0.2, 0.25) is 0 Å². The molecule has 0 aliphatic carbocycles. The molecule has 19 heavy (non-hydrogen) atoms. The topological polar surface area (TPSA) is 68.5 Å². The van der Waals surface area contributed by atoms with E-state index in [-0.39, 0.29) is 17.5 Å². The van der Waals surface area contributed by atoms with Crippen LogP contribution in [0.15, 0.2) is 12.3 Å². The number of ketones is 1. The summed E-state index contributed by atoms with van der Waals surface area (Å²) >= 11 is 0. The van der Waals surface area contributed by atoms with Crippen LogP contribution in [0.25, 0.3) is 0 Å². The van der Waals surface area contributed by atoms with Crippen molar-refractivity contribution in [3.05, 3.63) is 23.5 Å². The van der Waals surface area contributed by atoms with Crippen LogP contribution >= 0.6 is 0 Å². The number of hydrogen-bond donors (Lipinski definition) is 1. The molecule has 0 saturated carbocycles. The Hall–Kier alpha value is -1.62. The van der Waals surface area contributed by atoms with Gasteiger partial charge < -0.3 is 14.4 Å². The van der Waals surface area contributed by atoms with E-state index < -0.39 is 5.97 Å². The molecule has 0 aromatic carbocycles. The number of hydrogen-bond acceptors (Lipinski definition) is 3. The Morgan fingerprint density at radius 2 is 2.05 bits per heavy atom. The lowest BCUT2D eigenvalue weighted by Crippen LogP contribution is -2.25. The smallest absolute Gasteiger partial charge is 0.352 e. The average molecular weight is 265 g/mol. The molecular formula is C14H19NO4. The number of nitrogens with zero attached hydrogens (tertiary/aromatic N) is 1. The molecule has 1 aromatic rings. The van der Waals surface area contributed by atoms with E-state index in [1.54, 1.807) is 10.8 Å². The maximum atomic E-state index is 11.4. The van der Waals surface area contributed by atoms with Gasteiger partial charge in [-0.3, -0.25) is 4.79 Å². The number of carbonyl (C=O) groups is 2. The molecule has 0 amide bonds. The van der Waals surface area contributed by atoms with Crippen molar-refractivity contribution < 1.29 is 19.4 Å². The number of ether oxygens (including phenoxy) is 1. The van der Waals surface area contributed by atoms with Crippen LogP contribution in [0.3, 0.4) is 0 Å². The fraction of sp³-hybridized carbons (Fsp3) is 0.571. The standard InChI is InChI=1S/C14H19NO4/c1-9(11-3-5-19-6-4-11)15-8-12(10(2)16)7-13(15)14(17)18/h7-9,11H,3-6H2,1-2H3,(H,17,18). The van der Waals surface area contributed by atoms with Gasteiger partial charge in [-0.05, 0) is 38.7 Å². The summed E-state index contributed by atoms with van der Waals surface area (Å²) in [5.74, 6) is -0.717. The summed E-state index contributed by atoms with van der Waals surface area (Å²) < 4.78 is 7.04. The van der Waals surface area contributed by atoms with Gasteiger partial charge in [0.15, 0.2) is 5.78 Å². The molecule has 2 rings (SSSR count). The van der Waals surface area contributed by atoms with Crippen molar-refractivity contribution in [2.24, 2.45) is 5.92 Å². The zero-order chi connectivity index (χ0) is 14.0. The van der Waals surface area contributed by atoms with E-state index in [2.05, 4.69) is 0 Å². The van der Waals surface area contributed by atoms with Gasteiger partial charge in [0, 0.05) is 31.0 Å². The number of carbonyl (C=O) groups excluding carboxylic acids is 1. The second kappa shape index (κ2) is 5.57. The zero-order valence-electron chi connectivity index (χ0n) is 11.3. The number of rotatable bonds is 4. The first-order valence-corrected chi connectivity index (χ1v) is 6.54. The van der Waals surface area contributed by atoms with Crippen LogP contribution in [0.2, 0.25) is 0 Å². The molecule has 5 nitrogen and oxygen atoms in total. The van der Waals surface area contributed by atoms with Crippen molar-refractivity contribution in [2.75, 3.05) is 13.2 Å². The van der Waals surface area contributed by atoms with Crippen LogP contribution in [0, 0.1) is 5.92 Å². The molecule has 0 spiro atoms. The number of aromatic carboxylic acids is 1. The first-order chi connectivity index (χ1) is 9.00. The first kappa shape index (κ1) is 13.8. The third-order valence-corrected chi connectivity index (χ3v) is 3.86. The van der Waals surface area contributed by atoms with E-state index >= 15 is 0 Å². The van der Waals surface area contributed by atoms with Crippen molar-refractivity contribution >= 4 is 11.8 Å². The molecule has 1 saturated heterocycles. The molecule has 1 unspecified atom stereocenters. The Labute approximate surface area is 112 Å². The Balaban J connectivity index is 2.30. The van der Waals surface area contributed by atoms with Crippen LogP contribution in [-0.2, 0) is 4.74 Å². The molecular weight excluding hydrogens is 246 g/mol. The van der Waals surface area contributed by atoms with Crippen molar-refractivity contribution in [3.63, 3.8) is 0 Å². The van der Waals surface area contributed by atoms with Crippen molar-refractivity contribution in [1.29, 1.82) is 0 Å². The van der Waals surface area contributed by atoms with Crippen molar-refractivity contribution in [2.45, 2.75) is 32.7 Å². The fourth-order valence-electron chi connectivity index (χ4n) is 2.61. The zero-order valence-corrected chi connectivity index (χ0v) is 11.3. The molecule has 1 aromatic heterocycles. The maximum absolute atomic E-state index is 11.4. The van der Waals surface area contributed by atoms with Crippen LogP contribution in [0.1, 0.15) is 53.6 Å². The number of Topliss-reactive ketones (excluding diaryl/α,β-unsaturated/α-hetero) is 1. The van der Waals surface area contributed by atoms with Crippen LogP contribution in [0.5, 0.6) is 0 Å². The predicted octanol–water partition coefficient (Wildman–Crippen LogP) is 2.38. The summed E-state index contributed by atoms with van der Waals surface area (Å²) in [5, 5.41) is 9.25. The van der Waals surface area contributed by atoms with Crippen LogP contribution in [-0.4, -0.2) is 34.6 Å². The first-order valence-electron chi connectivity index (χ1n) is 6.54. The fourth-order valence-corrected chi connectivity index (χ4v) is 2.61. The summed E-state index contributed by atoms with van der Waals surface area (Å²) in [7, 11) is 0. The highest BCUT2D eigenvalue weighted by Gasteiger charge is 2.25. The van der Waals surface area contributed by atoms with Crippen molar-refractivity contribution in [3.8, 4) is 0 Å². The van der Waals surface area contributed by atoms with Gasteiger partial charge in [-0.1, -0.05) is 0 Å². The minimum Gasteiger partial charge on any atom is -0.477 e. The molecule has 104 valence electrons.